The second kappa shape index (κ2) is 7.52. The quantitative estimate of drug-likeness (QED) is 0.883. The van der Waals surface area contributed by atoms with E-state index in [1.54, 1.807) is 11.0 Å². The van der Waals surface area contributed by atoms with Crippen molar-refractivity contribution in [1.82, 2.24) is 9.88 Å². The van der Waals surface area contributed by atoms with Crippen LogP contribution < -0.4 is 10.2 Å². The maximum atomic E-state index is 13.5. The minimum absolute atomic E-state index is 0.186. The number of nitrogens with zero attached hydrogens (tertiary/aromatic N) is 3. The van der Waals surface area contributed by atoms with Crippen molar-refractivity contribution in [3.05, 3.63) is 53.0 Å². The third kappa shape index (κ3) is 3.88. The lowest BCUT2D eigenvalue weighted by Crippen LogP contribution is -2.39. The first-order valence-electron chi connectivity index (χ1n) is 9.24. The van der Waals surface area contributed by atoms with E-state index in [1.165, 1.54) is 12.1 Å². The summed E-state index contributed by atoms with van der Waals surface area (Å²) in [5.41, 5.74) is 3.44. The van der Waals surface area contributed by atoms with E-state index in [0.717, 1.165) is 42.1 Å². The summed E-state index contributed by atoms with van der Waals surface area (Å²) in [5.74, 6) is 0.630. The van der Waals surface area contributed by atoms with Gasteiger partial charge in [-0.1, -0.05) is 6.07 Å². The van der Waals surface area contributed by atoms with Gasteiger partial charge in [0.15, 0.2) is 0 Å². The van der Waals surface area contributed by atoms with Crippen molar-refractivity contribution in [2.45, 2.75) is 19.9 Å². The van der Waals surface area contributed by atoms with E-state index in [-0.39, 0.29) is 11.8 Å². The molecule has 1 aromatic heterocycles. The van der Waals surface area contributed by atoms with Crippen molar-refractivity contribution < 1.29 is 13.9 Å². The average Bonchev–Trinajstić information content (AvgIpc) is 2.69. The van der Waals surface area contributed by atoms with Crippen LogP contribution in [0.25, 0.3) is 0 Å². The molecule has 0 aliphatic carbocycles. The smallest absolute Gasteiger partial charge is 0.322 e. The maximum Gasteiger partial charge on any atom is 0.322 e. The molecule has 1 N–H and O–H groups in total. The third-order valence-corrected chi connectivity index (χ3v) is 5.12. The fourth-order valence-electron chi connectivity index (χ4n) is 3.54. The number of hydrogen-bond donors (Lipinski definition) is 1. The highest BCUT2D eigenvalue weighted by atomic mass is 19.1. The molecule has 1 aromatic carbocycles. The third-order valence-electron chi connectivity index (χ3n) is 5.12. The number of ether oxygens (including phenoxy) is 1. The first kappa shape index (κ1) is 17.7. The van der Waals surface area contributed by atoms with Gasteiger partial charge in [0.2, 0.25) is 0 Å². The summed E-state index contributed by atoms with van der Waals surface area (Å²) >= 11 is 0. The van der Waals surface area contributed by atoms with Crippen LogP contribution in [-0.4, -0.2) is 48.8 Å². The van der Waals surface area contributed by atoms with Crippen LogP contribution in [-0.2, 0) is 17.7 Å². The Bertz CT molecular complexity index is 852. The van der Waals surface area contributed by atoms with Crippen LogP contribution >= 0.6 is 0 Å². The van der Waals surface area contributed by atoms with Gasteiger partial charge in [-0.3, -0.25) is 0 Å². The Balaban J connectivity index is 1.43. The summed E-state index contributed by atoms with van der Waals surface area (Å²) in [6.07, 6.45) is 0.732. The van der Waals surface area contributed by atoms with Crippen molar-refractivity contribution in [3.63, 3.8) is 0 Å². The molecule has 4 rings (SSSR count). The number of pyridine rings is 1. The number of nitrogens with one attached hydrogen (secondary N) is 1. The Morgan fingerprint density at radius 2 is 1.96 bits per heavy atom. The van der Waals surface area contributed by atoms with Gasteiger partial charge in [-0.2, -0.15) is 0 Å². The lowest BCUT2D eigenvalue weighted by Gasteiger charge is -2.30. The molecule has 0 unspecified atom stereocenters. The monoisotopic (exact) mass is 370 g/mol. The fourth-order valence-corrected chi connectivity index (χ4v) is 3.54. The summed E-state index contributed by atoms with van der Waals surface area (Å²) in [6, 6.07) is 8.42. The molecule has 0 atom stereocenters. The van der Waals surface area contributed by atoms with Crippen LogP contribution in [0.4, 0.5) is 20.7 Å². The van der Waals surface area contributed by atoms with E-state index in [0.29, 0.717) is 32.0 Å². The van der Waals surface area contributed by atoms with Crippen molar-refractivity contribution in [1.29, 1.82) is 0 Å². The molecule has 3 heterocycles. The molecule has 1 saturated heterocycles. The Kier molecular flexibility index (Phi) is 4.94. The van der Waals surface area contributed by atoms with Gasteiger partial charge in [0.05, 0.1) is 24.6 Å². The van der Waals surface area contributed by atoms with E-state index >= 15 is 0 Å². The molecule has 0 saturated carbocycles. The maximum absolute atomic E-state index is 13.5. The van der Waals surface area contributed by atoms with Gasteiger partial charge in [-0.15, -0.1) is 0 Å². The molecule has 142 valence electrons. The molecule has 1 fully saturated rings. The van der Waals surface area contributed by atoms with Crippen molar-refractivity contribution in [3.8, 4) is 0 Å². The minimum atomic E-state index is -0.269. The normalized spacial score (nSPS) is 16.8. The summed E-state index contributed by atoms with van der Waals surface area (Å²) < 4.78 is 18.8. The number of aromatic nitrogens is 1. The van der Waals surface area contributed by atoms with E-state index in [4.69, 9.17) is 4.74 Å². The van der Waals surface area contributed by atoms with Gasteiger partial charge in [-0.25, -0.2) is 14.2 Å². The second-order valence-corrected chi connectivity index (χ2v) is 6.92. The van der Waals surface area contributed by atoms with Gasteiger partial charge in [0.25, 0.3) is 0 Å². The predicted molar refractivity (Wildman–Crippen MR) is 102 cm³/mol. The number of fused-ring (bicyclic) bond motifs is 1. The first-order valence-corrected chi connectivity index (χ1v) is 9.24. The molecule has 0 spiro atoms. The van der Waals surface area contributed by atoms with Crippen molar-refractivity contribution in [2.24, 2.45) is 0 Å². The van der Waals surface area contributed by atoms with Crippen LogP contribution in [0.2, 0.25) is 0 Å². The Morgan fingerprint density at radius 1 is 1.15 bits per heavy atom. The number of rotatable bonds is 2. The van der Waals surface area contributed by atoms with Gasteiger partial charge in [0.1, 0.15) is 11.6 Å². The lowest BCUT2D eigenvalue weighted by molar-refractivity contribution is 0.122. The zero-order valence-corrected chi connectivity index (χ0v) is 15.4. The summed E-state index contributed by atoms with van der Waals surface area (Å²) in [4.78, 5) is 21.2. The van der Waals surface area contributed by atoms with Crippen molar-refractivity contribution >= 4 is 17.5 Å². The largest absolute Gasteiger partial charge is 0.378 e. The zero-order chi connectivity index (χ0) is 18.8. The standard InChI is InChI=1S/C20H23FN4O2/c1-14-18(4-5-19(22-14)24-8-10-27-11-9-24)23-20(26)25-7-6-15-2-3-17(21)12-16(15)13-25/h2-5,12H,6-11,13H2,1H3,(H,23,26). The molecule has 7 heteroatoms. The Morgan fingerprint density at radius 3 is 2.74 bits per heavy atom. The number of amides is 2. The van der Waals surface area contributed by atoms with Crippen molar-refractivity contribution in [2.75, 3.05) is 43.1 Å². The van der Waals surface area contributed by atoms with Gasteiger partial charge < -0.3 is 19.9 Å². The minimum Gasteiger partial charge on any atom is -0.378 e. The highest BCUT2D eigenvalue weighted by molar-refractivity contribution is 5.90. The van der Waals surface area contributed by atoms with E-state index in [9.17, 15) is 9.18 Å². The number of carbonyl (C=O) groups excluding carboxylic acids is 1. The number of aryl methyl sites for hydroxylation is 1. The number of benzene rings is 1. The zero-order valence-electron chi connectivity index (χ0n) is 15.4. The van der Waals surface area contributed by atoms with Crippen LogP contribution in [0.1, 0.15) is 16.8 Å². The Labute approximate surface area is 157 Å². The molecule has 2 aliphatic rings. The highest BCUT2D eigenvalue weighted by Crippen LogP contribution is 2.23. The van der Waals surface area contributed by atoms with E-state index in [1.807, 2.05) is 19.1 Å². The first-order chi connectivity index (χ1) is 13.1. The van der Waals surface area contributed by atoms with E-state index < -0.39 is 0 Å². The second-order valence-electron chi connectivity index (χ2n) is 6.92. The van der Waals surface area contributed by atoms with Crippen LogP contribution in [0.5, 0.6) is 0 Å². The molecular weight excluding hydrogens is 347 g/mol. The number of morpholine rings is 1. The van der Waals surface area contributed by atoms with Gasteiger partial charge in [0, 0.05) is 26.2 Å². The molecular formula is C20H23FN4O2. The highest BCUT2D eigenvalue weighted by Gasteiger charge is 2.22. The molecule has 27 heavy (non-hydrogen) atoms. The van der Waals surface area contributed by atoms with Crippen LogP contribution in [0, 0.1) is 12.7 Å². The average molecular weight is 370 g/mol. The summed E-state index contributed by atoms with van der Waals surface area (Å²) in [5, 5.41) is 2.94. The number of hydrogen-bond acceptors (Lipinski definition) is 4. The lowest BCUT2D eigenvalue weighted by atomic mass is 10.00. The Hall–Kier alpha value is -2.67. The SMILES string of the molecule is Cc1nc(N2CCOCC2)ccc1NC(=O)N1CCc2ccc(F)cc2C1. The molecule has 2 aromatic rings. The number of carbonyl (C=O) groups is 1. The number of urea groups is 1. The number of halogens is 1. The predicted octanol–water partition coefficient (Wildman–Crippen LogP) is 2.96. The topological polar surface area (TPSA) is 57.7 Å². The molecule has 0 bridgehead atoms. The summed E-state index contributed by atoms with van der Waals surface area (Å²) in [6.45, 7) is 5.97. The van der Waals surface area contributed by atoms with Crippen LogP contribution in [0.3, 0.4) is 0 Å². The number of anilines is 2. The fraction of sp³-hybridized carbons (Fsp3) is 0.400. The van der Waals surface area contributed by atoms with Gasteiger partial charge in [-0.05, 0) is 48.7 Å². The molecule has 6 nitrogen and oxygen atoms in total. The molecule has 2 aliphatic heterocycles. The van der Waals surface area contributed by atoms with Gasteiger partial charge >= 0.3 is 6.03 Å². The molecule has 0 radical (unpaired) electrons. The van der Waals surface area contributed by atoms with E-state index in [2.05, 4.69) is 15.2 Å². The summed E-state index contributed by atoms with van der Waals surface area (Å²) in [7, 11) is 0. The van der Waals surface area contributed by atoms with Crippen LogP contribution in [0.15, 0.2) is 30.3 Å². The molecule has 2 amide bonds.